The number of anilines is 2. The fourth-order valence-corrected chi connectivity index (χ4v) is 5.13. The molecule has 0 unspecified atom stereocenters. The fourth-order valence-electron chi connectivity index (χ4n) is 5.13. The lowest BCUT2D eigenvalue weighted by Gasteiger charge is -2.43. The highest BCUT2D eigenvalue weighted by molar-refractivity contribution is 6.02. The summed E-state index contributed by atoms with van der Waals surface area (Å²) in [4.78, 5) is 19.7. The number of nitrogens with zero attached hydrogens (tertiary/aromatic N) is 3. The van der Waals surface area contributed by atoms with Gasteiger partial charge in [-0.05, 0) is 44.5 Å². The molecule has 0 saturated carbocycles. The Bertz CT molecular complexity index is 1110. The molecule has 3 aliphatic rings. The summed E-state index contributed by atoms with van der Waals surface area (Å²) in [5, 5.41) is 0. The smallest absolute Gasteiger partial charge is 0.241 e. The van der Waals surface area contributed by atoms with Gasteiger partial charge in [0.1, 0.15) is 19.0 Å². The Labute approximate surface area is 194 Å². The van der Waals surface area contributed by atoms with Crippen molar-refractivity contribution in [3.05, 3.63) is 53.9 Å². The monoisotopic (exact) mass is 451 g/mol. The number of fused-ring (bicyclic) bond motifs is 2. The summed E-state index contributed by atoms with van der Waals surface area (Å²) in [6.07, 6.45) is 2.14. The van der Waals surface area contributed by atoms with E-state index in [1.54, 1.807) is 6.07 Å². The number of allylic oxidation sites excluding steroid dienone is 1. The molecule has 0 radical (unpaired) electrons. The molecule has 174 valence electrons. The number of carbonyl (C=O) groups excluding carboxylic acids is 1. The molecule has 5 rings (SSSR count). The van der Waals surface area contributed by atoms with E-state index >= 15 is 0 Å². The molecule has 7 heteroatoms. The second-order valence-electron chi connectivity index (χ2n) is 9.44. The van der Waals surface area contributed by atoms with E-state index in [1.165, 1.54) is 6.07 Å². The van der Waals surface area contributed by atoms with Crippen LogP contribution in [0, 0.1) is 5.82 Å². The Morgan fingerprint density at radius 2 is 1.67 bits per heavy atom. The van der Waals surface area contributed by atoms with E-state index in [2.05, 4.69) is 31.7 Å². The van der Waals surface area contributed by atoms with Crippen LogP contribution in [0.2, 0.25) is 0 Å². The minimum atomic E-state index is -0.465. The standard InChI is InChI=1S/C26H30FN3O3/c1-18-16-26(2,3)30(22-15-24-23(14-19(18)22)32-12-13-33-24)25(31)17-28-8-10-29(11-9-28)21-7-5-4-6-20(21)27/h4-7,14-16H,8-13,17H2,1-3H3. The first kappa shape index (κ1) is 21.8. The number of benzene rings is 2. The third-order valence-corrected chi connectivity index (χ3v) is 6.65. The minimum Gasteiger partial charge on any atom is -0.486 e. The van der Waals surface area contributed by atoms with Crippen LogP contribution in [0.1, 0.15) is 26.3 Å². The summed E-state index contributed by atoms with van der Waals surface area (Å²) in [7, 11) is 0. The van der Waals surface area contributed by atoms with Crippen molar-refractivity contribution in [3.63, 3.8) is 0 Å². The van der Waals surface area contributed by atoms with Crippen LogP contribution in [-0.4, -0.2) is 62.3 Å². The Kier molecular flexibility index (Phi) is 5.52. The van der Waals surface area contributed by atoms with Gasteiger partial charge in [-0.2, -0.15) is 0 Å². The Morgan fingerprint density at radius 3 is 2.36 bits per heavy atom. The van der Waals surface area contributed by atoms with E-state index in [0.29, 0.717) is 57.4 Å². The molecule has 1 amide bonds. The zero-order chi connectivity index (χ0) is 23.2. The molecule has 0 bridgehead atoms. The lowest BCUT2D eigenvalue weighted by atomic mass is 9.88. The van der Waals surface area contributed by atoms with Gasteiger partial charge in [-0.15, -0.1) is 0 Å². The zero-order valence-electron chi connectivity index (χ0n) is 19.4. The zero-order valence-corrected chi connectivity index (χ0v) is 19.4. The number of amides is 1. The number of carbonyl (C=O) groups is 1. The summed E-state index contributed by atoms with van der Waals surface area (Å²) in [6, 6.07) is 10.8. The van der Waals surface area contributed by atoms with Gasteiger partial charge in [0.25, 0.3) is 0 Å². The van der Waals surface area contributed by atoms with Crippen LogP contribution in [0.3, 0.4) is 0 Å². The molecule has 1 fully saturated rings. The van der Waals surface area contributed by atoms with Gasteiger partial charge in [0, 0.05) is 37.8 Å². The third kappa shape index (κ3) is 4.06. The summed E-state index contributed by atoms with van der Waals surface area (Å²) >= 11 is 0. The highest BCUT2D eigenvalue weighted by Crippen LogP contribution is 2.45. The first-order chi connectivity index (χ1) is 15.8. The van der Waals surface area contributed by atoms with Crippen molar-refractivity contribution in [2.75, 3.05) is 55.7 Å². The Hall–Kier alpha value is -3.06. The lowest BCUT2D eigenvalue weighted by molar-refractivity contribution is -0.120. The number of para-hydroxylation sites is 1. The molecule has 33 heavy (non-hydrogen) atoms. The van der Waals surface area contributed by atoms with Gasteiger partial charge in [-0.3, -0.25) is 9.69 Å². The first-order valence-corrected chi connectivity index (χ1v) is 11.5. The predicted octanol–water partition coefficient (Wildman–Crippen LogP) is 3.95. The van der Waals surface area contributed by atoms with Crippen molar-refractivity contribution in [2.45, 2.75) is 26.3 Å². The van der Waals surface area contributed by atoms with Crippen LogP contribution >= 0.6 is 0 Å². The van der Waals surface area contributed by atoms with Crippen LogP contribution in [0.15, 0.2) is 42.5 Å². The Morgan fingerprint density at radius 1 is 1.00 bits per heavy atom. The van der Waals surface area contributed by atoms with E-state index < -0.39 is 5.54 Å². The topological polar surface area (TPSA) is 45.3 Å². The quantitative estimate of drug-likeness (QED) is 0.707. The second-order valence-corrected chi connectivity index (χ2v) is 9.44. The van der Waals surface area contributed by atoms with Crippen molar-refractivity contribution in [1.29, 1.82) is 0 Å². The van der Waals surface area contributed by atoms with Gasteiger partial charge in [0.15, 0.2) is 11.5 Å². The molecule has 6 nitrogen and oxygen atoms in total. The van der Waals surface area contributed by atoms with Gasteiger partial charge in [-0.1, -0.05) is 18.2 Å². The molecule has 1 saturated heterocycles. The van der Waals surface area contributed by atoms with Gasteiger partial charge in [0.2, 0.25) is 5.91 Å². The SMILES string of the molecule is CC1=CC(C)(C)N(C(=O)CN2CCN(c3ccccc3F)CC2)c2cc3c(cc21)OCCO3. The van der Waals surface area contributed by atoms with Crippen molar-refractivity contribution >= 4 is 22.9 Å². The highest BCUT2D eigenvalue weighted by atomic mass is 19.1. The number of rotatable bonds is 3. The molecule has 0 spiro atoms. The van der Waals surface area contributed by atoms with E-state index in [9.17, 15) is 9.18 Å². The molecule has 0 N–H and O–H groups in total. The van der Waals surface area contributed by atoms with E-state index in [1.807, 2.05) is 34.1 Å². The maximum Gasteiger partial charge on any atom is 0.241 e. The number of hydrogen-bond donors (Lipinski definition) is 0. The maximum absolute atomic E-state index is 14.2. The molecule has 3 aliphatic heterocycles. The largest absolute Gasteiger partial charge is 0.486 e. The van der Waals surface area contributed by atoms with Crippen LogP contribution in [0.25, 0.3) is 5.57 Å². The number of hydrogen-bond acceptors (Lipinski definition) is 5. The summed E-state index contributed by atoms with van der Waals surface area (Å²) < 4.78 is 25.7. The average molecular weight is 452 g/mol. The average Bonchev–Trinajstić information content (AvgIpc) is 2.78. The highest BCUT2D eigenvalue weighted by Gasteiger charge is 2.38. The lowest BCUT2D eigenvalue weighted by Crippen LogP contribution is -2.55. The van der Waals surface area contributed by atoms with Gasteiger partial charge in [-0.25, -0.2) is 4.39 Å². The molecule has 0 aromatic heterocycles. The number of ether oxygens (including phenoxy) is 2. The van der Waals surface area contributed by atoms with Crippen molar-refractivity contribution in [2.24, 2.45) is 0 Å². The van der Waals surface area contributed by atoms with Crippen molar-refractivity contribution < 1.29 is 18.7 Å². The van der Waals surface area contributed by atoms with Gasteiger partial charge < -0.3 is 19.3 Å². The van der Waals surface area contributed by atoms with E-state index in [-0.39, 0.29) is 11.7 Å². The molecule has 2 aromatic carbocycles. The van der Waals surface area contributed by atoms with Crippen LogP contribution in [0.4, 0.5) is 15.8 Å². The van der Waals surface area contributed by atoms with Crippen LogP contribution in [-0.2, 0) is 4.79 Å². The Balaban J connectivity index is 1.34. The number of halogens is 1. The maximum atomic E-state index is 14.2. The van der Waals surface area contributed by atoms with Crippen molar-refractivity contribution in [3.8, 4) is 11.5 Å². The van der Waals surface area contributed by atoms with Crippen molar-refractivity contribution in [1.82, 2.24) is 4.90 Å². The first-order valence-electron chi connectivity index (χ1n) is 11.5. The summed E-state index contributed by atoms with van der Waals surface area (Å²) in [5.41, 5.74) is 3.14. The summed E-state index contributed by atoms with van der Waals surface area (Å²) in [5.74, 6) is 1.25. The molecule has 3 heterocycles. The molecular weight excluding hydrogens is 421 g/mol. The fraction of sp³-hybridized carbons (Fsp3) is 0.423. The van der Waals surface area contributed by atoms with E-state index in [4.69, 9.17) is 9.47 Å². The van der Waals surface area contributed by atoms with Gasteiger partial charge in [0.05, 0.1) is 23.5 Å². The van der Waals surface area contributed by atoms with E-state index in [0.717, 1.165) is 22.6 Å². The molecular formula is C26H30FN3O3. The third-order valence-electron chi connectivity index (χ3n) is 6.65. The number of piperazine rings is 1. The molecule has 0 aliphatic carbocycles. The minimum absolute atomic E-state index is 0.0426. The second kappa shape index (κ2) is 8.37. The van der Waals surface area contributed by atoms with Crippen LogP contribution < -0.4 is 19.3 Å². The van der Waals surface area contributed by atoms with Crippen LogP contribution in [0.5, 0.6) is 11.5 Å². The summed E-state index contributed by atoms with van der Waals surface area (Å²) in [6.45, 7) is 10.3. The molecule has 2 aromatic rings. The molecule has 0 atom stereocenters. The normalized spacial score (nSPS) is 19.7. The van der Waals surface area contributed by atoms with Gasteiger partial charge >= 0.3 is 0 Å². The predicted molar refractivity (Wildman–Crippen MR) is 128 cm³/mol.